The molecule has 1 aromatic carbocycles. The quantitative estimate of drug-likeness (QED) is 0.826. The fraction of sp³-hybridized carbons (Fsp3) is 0.455. The Morgan fingerprint density at radius 3 is 2.29 bits per heavy atom. The highest BCUT2D eigenvalue weighted by atomic mass is 32.2. The molecule has 5 nitrogen and oxygen atoms in total. The van der Waals surface area contributed by atoms with Gasteiger partial charge in [-0.05, 0) is 32.0 Å². The topological polar surface area (TPSA) is 66.6 Å². The largest absolute Gasteiger partial charge is 0.399 e. The van der Waals surface area contributed by atoms with Gasteiger partial charge >= 0.3 is 10.2 Å². The van der Waals surface area contributed by atoms with Crippen LogP contribution in [0, 0.1) is 0 Å². The number of hydrogen-bond donors (Lipinski definition) is 1. The van der Waals surface area contributed by atoms with Gasteiger partial charge in [-0.3, -0.25) is 4.31 Å². The number of anilines is 2. The maximum atomic E-state index is 12.2. The highest BCUT2D eigenvalue weighted by Gasteiger charge is 2.25. The molecule has 0 aliphatic rings. The average molecular weight is 257 g/mol. The van der Waals surface area contributed by atoms with Crippen LogP contribution in [0.4, 0.5) is 11.4 Å². The van der Waals surface area contributed by atoms with Crippen molar-refractivity contribution in [3.8, 4) is 0 Å². The van der Waals surface area contributed by atoms with Crippen LogP contribution in [0.5, 0.6) is 0 Å². The van der Waals surface area contributed by atoms with Crippen molar-refractivity contribution in [3.05, 3.63) is 24.3 Å². The number of benzene rings is 1. The Kier molecular flexibility index (Phi) is 4.00. The third-order valence-electron chi connectivity index (χ3n) is 2.67. The third-order valence-corrected chi connectivity index (χ3v) is 4.72. The summed E-state index contributed by atoms with van der Waals surface area (Å²) in [6.45, 7) is 3.65. The van der Waals surface area contributed by atoms with Gasteiger partial charge in [0.25, 0.3) is 0 Å². The van der Waals surface area contributed by atoms with Gasteiger partial charge in [-0.1, -0.05) is 6.07 Å². The first kappa shape index (κ1) is 13.8. The molecule has 17 heavy (non-hydrogen) atoms. The van der Waals surface area contributed by atoms with Gasteiger partial charge in [-0.2, -0.15) is 12.7 Å². The molecule has 6 heteroatoms. The Bertz CT molecular complexity index is 485. The molecule has 0 saturated heterocycles. The van der Waals surface area contributed by atoms with Gasteiger partial charge in [0, 0.05) is 25.8 Å². The second-order valence-corrected chi connectivity index (χ2v) is 6.20. The maximum absolute atomic E-state index is 12.2. The minimum atomic E-state index is -3.50. The standard InChI is InChI=1S/C11H19N3O2S/c1-9(2)13(3)17(15,16)14(4)11-7-5-6-10(12)8-11/h5-9H,12H2,1-4H3. The van der Waals surface area contributed by atoms with Crippen molar-refractivity contribution < 1.29 is 8.42 Å². The fourth-order valence-electron chi connectivity index (χ4n) is 1.31. The van der Waals surface area contributed by atoms with Crippen molar-refractivity contribution in [2.24, 2.45) is 0 Å². The van der Waals surface area contributed by atoms with Gasteiger partial charge in [0.15, 0.2) is 0 Å². The zero-order valence-corrected chi connectivity index (χ0v) is 11.4. The number of hydrogen-bond acceptors (Lipinski definition) is 3. The van der Waals surface area contributed by atoms with Gasteiger partial charge < -0.3 is 5.73 Å². The minimum absolute atomic E-state index is 0.0940. The number of rotatable bonds is 4. The summed E-state index contributed by atoms with van der Waals surface area (Å²) in [6, 6.07) is 6.69. The molecule has 0 spiro atoms. The Balaban J connectivity index is 3.09. The molecule has 0 radical (unpaired) electrons. The molecule has 0 amide bonds. The molecular formula is C11H19N3O2S. The van der Waals surface area contributed by atoms with E-state index in [0.717, 1.165) is 0 Å². The summed E-state index contributed by atoms with van der Waals surface area (Å²) in [7, 11) is -0.422. The highest BCUT2D eigenvalue weighted by molar-refractivity contribution is 7.90. The second kappa shape index (κ2) is 4.93. The maximum Gasteiger partial charge on any atom is 0.303 e. The first-order chi connectivity index (χ1) is 7.76. The molecule has 0 fully saturated rings. The summed E-state index contributed by atoms with van der Waals surface area (Å²) in [5.41, 5.74) is 6.73. The van der Waals surface area contributed by atoms with E-state index < -0.39 is 10.2 Å². The number of nitrogen functional groups attached to an aromatic ring is 1. The van der Waals surface area contributed by atoms with Crippen molar-refractivity contribution in [2.45, 2.75) is 19.9 Å². The first-order valence-electron chi connectivity index (χ1n) is 5.34. The van der Waals surface area contributed by atoms with Crippen LogP contribution in [0.1, 0.15) is 13.8 Å². The highest BCUT2D eigenvalue weighted by Crippen LogP contribution is 2.21. The van der Waals surface area contributed by atoms with Gasteiger partial charge in [-0.25, -0.2) is 0 Å². The molecule has 0 aromatic heterocycles. The van der Waals surface area contributed by atoms with Crippen molar-refractivity contribution in [1.29, 1.82) is 0 Å². The van der Waals surface area contributed by atoms with E-state index in [4.69, 9.17) is 5.73 Å². The van der Waals surface area contributed by atoms with E-state index in [1.165, 1.54) is 15.7 Å². The minimum Gasteiger partial charge on any atom is -0.399 e. The molecule has 2 N–H and O–H groups in total. The summed E-state index contributed by atoms with van der Waals surface area (Å²) in [5.74, 6) is 0. The van der Waals surface area contributed by atoms with Gasteiger partial charge in [0.1, 0.15) is 0 Å². The Labute approximate surface area is 103 Å². The lowest BCUT2D eigenvalue weighted by Crippen LogP contribution is -2.43. The molecule has 0 heterocycles. The Morgan fingerprint density at radius 2 is 1.82 bits per heavy atom. The Hall–Kier alpha value is -1.27. The number of nitrogens with zero attached hydrogens (tertiary/aromatic N) is 2. The zero-order valence-electron chi connectivity index (χ0n) is 10.6. The molecule has 0 bridgehead atoms. The summed E-state index contributed by atoms with van der Waals surface area (Å²) in [5, 5.41) is 0. The number of nitrogens with two attached hydrogens (primary N) is 1. The average Bonchev–Trinajstić information content (AvgIpc) is 2.26. The summed E-state index contributed by atoms with van der Waals surface area (Å²) in [6.07, 6.45) is 0. The van der Waals surface area contributed by atoms with E-state index in [1.807, 2.05) is 13.8 Å². The monoisotopic (exact) mass is 257 g/mol. The van der Waals surface area contributed by atoms with Crippen LogP contribution in [-0.4, -0.2) is 32.9 Å². The lowest BCUT2D eigenvalue weighted by molar-refractivity contribution is 0.409. The Morgan fingerprint density at radius 1 is 1.24 bits per heavy atom. The molecular weight excluding hydrogens is 238 g/mol. The van der Waals surface area contributed by atoms with E-state index in [0.29, 0.717) is 11.4 Å². The lowest BCUT2D eigenvalue weighted by atomic mass is 10.3. The van der Waals surface area contributed by atoms with Crippen molar-refractivity contribution in [2.75, 3.05) is 24.1 Å². The van der Waals surface area contributed by atoms with Gasteiger partial charge in [0.2, 0.25) is 0 Å². The van der Waals surface area contributed by atoms with Crippen LogP contribution in [0.2, 0.25) is 0 Å². The van der Waals surface area contributed by atoms with E-state index in [1.54, 1.807) is 31.3 Å². The second-order valence-electron chi connectivity index (χ2n) is 4.18. The predicted octanol–water partition coefficient (Wildman–Crippen LogP) is 1.29. The van der Waals surface area contributed by atoms with Crippen LogP contribution < -0.4 is 10.0 Å². The van der Waals surface area contributed by atoms with Gasteiger partial charge in [0.05, 0.1) is 5.69 Å². The van der Waals surface area contributed by atoms with Crippen LogP contribution >= 0.6 is 0 Å². The van der Waals surface area contributed by atoms with Crippen molar-refractivity contribution in [1.82, 2.24) is 4.31 Å². The smallest absolute Gasteiger partial charge is 0.303 e. The van der Waals surface area contributed by atoms with Gasteiger partial charge in [-0.15, -0.1) is 0 Å². The molecule has 0 atom stereocenters. The van der Waals surface area contributed by atoms with E-state index >= 15 is 0 Å². The molecule has 0 aliphatic heterocycles. The van der Waals surface area contributed by atoms with Crippen LogP contribution in [-0.2, 0) is 10.2 Å². The normalized spacial score (nSPS) is 12.1. The van der Waals surface area contributed by atoms with E-state index in [-0.39, 0.29) is 6.04 Å². The SMILES string of the molecule is CC(C)N(C)S(=O)(=O)N(C)c1cccc(N)c1. The predicted molar refractivity (Wildman–Crippen MR) is 71.1 cm³/mol. The van der Waals surface area contributed by atoms with Crippen molar-refractivity contribution >= 4 is 21.6 Å². The first-order valence-corrected chi connectivity index (χ1v) is 6.74. The van der Waals surface area contributed by atoms with Crippen molar-refractivity contribution in [3.63, 3.8) is 0 Å². The molecule has 0 unspecified atom stereocenters. The summed E-state index contributed by atoms with van der Waals surface area (Å²) in [4.78, 5) is 0. The van der Waals surface area contributed by atoms with Crippen LogP contribution in [0.15, 0.2) is 24.3 Å². The summed E-state index contributed by atoms with van der Waals surface area (Å²) < 4.78 is 26.9. The van der Waals surface area contributed by atoms with Crippen LogP contribution in [0.25, 0.3) is 0 Å². The lowest BCUT2D eigenvalue weighted by Gasteiger charge is -2.28. The molecule has 0 aliphatic carbocycles. The third kappa shape index (κ3) is 2.89. The molecule has 1 rings (SSSR count). The molecule has 0 saturated carbocycles. The van der Waals surface area contributed by atoms with E-state index in [2.05, 4.69) is 0 Å². The molecule has 1 aromatic rings. The fourth-order valence-corrected chi connectivity index (χ4v) is 2.61. The summed E-state index contributed by atoms with van der Waals surface area (Å²) >= 11 is 0. The van der Waals surface area contributed by atoms with Crippen LogP contribution in [0.3, 0.4) is 0 Å². The zero-order chi connectivity index (χ0) is 13.2. The molecule has 96 valence electrons. The van der Waals surface area contributed by atoms with E-state index in [9.17, 15) is 8.42 Å².